The van der Waals surface area contributed by atoms with E-state index in [0.29, 0.717) is 22.9 Å². The molecule has 2 amide bonds. The molecule has 0 spiro atoms. The molecule has 6 heteroatoms. The van der Waals surface area contributed by atoms with Crippen molar-refractivity contribution < 1.29 is 9.59 Å². The van der Waals surface area contributed by atoms with Crippen molar-refractivity contribution in [2.24, 2.45) is 11.8 Å². The third kappa shape index (κ3) is 3.24. The summed E-state index contributed by atoms with van der Waals surface area (Å²) in [6.07, 6.45) is 2.68. The number of carbonyl (C=O) groups excluding carboxylic acids is 2. The van der Waals surface area contributed by atoms with Gasteiger partial charge in [0.15, 0.2) is 0 Å². The largest absolute Gasteiger partial charge is 0.326 e. The van der Waals surface area contributed by atoms with Gasteiger partial charge in [0.05, 0.1) is 11.7 Å². The Labute approximate surface area is 144 Å². The molecule has 1 saturated carbocycles. The summed E-state index contributed by atoms with van der Waals surface area (Å²) in [5.74, 6) is 0.447. The first kappa shape index (κ1) is 15.4. The molecule has 1 aromatic heterocycles. The zero-order valence-corrected chi connectivity index (χ0v) is 13.7. The van der Waals surface area contributed by atoms with Crippen molar-refractivity contribution in [3.63, 3.8) is 0 Å². The SMILES string of the molecule is C[C@@H]1C[C@H]1C(=O)Nc1ccc(C(=O)Nc2ccc3cn[nH]c3c2)cc1. The van der Waals surface area contributed by atoms with Crippen LogP contribution < -0.4 is 10.6 Å². The van der Waals surface area contributed by atoms with Gasteiger partial charge in [-0.05, 0) is 54.8 Å². The van der Waals surface area contributed by atoms with Gasteiger partial charge in [-0.3, -0.25) is 14.7 Å². The summed E-state index contributed by atoms with van der Waals surface area (Å²) < 4.78 is 0. The number of nitrogens with zero attached hydrogens (tertiary/aromatic N) is 1. The second kappa shape index (κ2) is 6.05. The lowest BCUT2D eigenvalue weighted by molar-refractivity contribution is -0.117. The molecule has 25 heavy (non-hydrogen) atoms. The van der Waals surface area contributed by atoms with Crippen molar-refractivity contribution in [1.82, 2.24) is 10.2 Å². The van der Waals surface area contributed by atoms with Crippen molar-refractivity contribution in [3.8, 4) is 0 Å². The van der Waals surface area contributed by atoms with E-state index in [2.05, 4.69) is 27.8 Å². The predicted molar refractivity (Wildman–Crippen MR) is 96.4 cm³/mol. The van der Waals surface area contributed by atoms with Gasteiger partial charge in [-0.1, -0.05) is 6.92 Å². The van der Waals surface area contributed by atoms with Gasteiger partial charge in [0.2, 0.25) is 5.91 Å². The molecule has 3 aromatic rings. The quantitative estimate of drug-likeness (QED) is 0.683. The Balaban J connectivity index is 1.42. The summed E-state index contributed by atoms with van der Waals surface area (Å²) in [4.78, 5) is 24.3. The average Bonchev–Trinajstić information content (AvgIpc) is 3.16. The summed E-state index contributed by atoms with van der Waals surface area (Å²) in [5.41, 5.74) is 2.80. The summed E-state index contributed by atoms with van der Waals surface area (Å²) in [5, 5.41) is 13.6. The van der Waals surface area contributed by atoms with E-state index in [9.17, 15) is 9.59 Å². The molecule has 2 aromatic carbocycles. The topological polar surface area (TPSA) is 86.9 Å². The van der Waals surface area contributed by atoms with Gasteiger partial charge < -0.3 is 10.6 Å². The first-order chi connectivity index (χ1) is 12.1. The summed E-state index contributed by atoms with van der Waals surface area (Å²) in [6, 6.07) is 12.5. The van der Waals surface area contributed by atoms with Gasteiger partial charge in [-0.2, -0.15) is 5.10 Å². The van der Waals surface area contributed by atoms with Gasteiger partial charge in [0.25, 0.3) is 5.91 Å². The van der Waals surface area contributed by atoms with Crippen molar-refractivity contribution in [3.05, 3.63) is 54.2 Å². The highest BCUT2D eigenvalue weighted by Crippen LogP contribution is 2.38. The van der Waals surface area contributed by atoms with Crippen LogP contribution in [0.3, 0.4) is 0 Å². The lowest BCUT2D eigenvalue weighted by Crippen LogP contribution is -2.15. The van der Waals surface area contributed by atoms with Gasteiger partial charge >= 0.3 is 0 Å². The van der Waals surface area contributed by atoms with Crippen LogP contribution in [-0.4, -0.2) is 22.0 Å². The number of aromatic amines is 1. The molecular formula is C19H18N4O2. The molecule has 126 valence electrons. The van der Waals surface area contributed by atoms with E-state index in [-0.39, 0.29) is 17.7 Å². The number of H-pyrrole nitrogens is 1. The molecule has 0 aliphatic heterocycles. The Kier molecular flexibility index (Phi) is 3.72. The lowest BCUT2D eigenvalue weighted by atomic mass is 10.1. The van der Waals surface area contributed by atoms with Crippen LogP contribution in [0.25, 0.3) is 10.9 Å². The highest BCUT2D eigenvalue weighted by Gasteiger charge is 2.39. The Hall–Kier alpha value is -3.15. The lowest BCUT2D eigenvalue weighted by Gasteiger charge is -2.07. The number of anilines is 2. The van der Waals surface area contributed by atoms with E-state index in [0.717, 1.165) is 17.3 Å². The van der Waals surface area contributed by atoms with Crippen LogP contribution in [0.15, 0.2) is 48.7 Å². The summed E-state index contributed by atoms with van der Waals surface area (Å²) in [7, 11) is 0. The smallest absolute Gasteiger partial charge is 0.255 e. The molecule has 1 aliphatic carbocycles. The fraction of sp³-hybridized carbons (Fsp3) is 0.211. The molecule has 0 bridgehead atoms. The number of hydrogen-bond acceptors (Lipinski definition) is 3. The van der Waals surface area contributed by atoms with E-state index in [1.807, 2.05) is 18.2 Å². The molecule has 2 atom stereocenters. The number of benzene rings is 2. The molecular weight excluding hydrogens is 316 g/mol. The highest BCUT2D eigenvalue weighted by molar-refractivity contribution is 6.05. The first-order valence-electron chi connectivity index (χ1n) is 8.25. The fourth-order valence-corrected chi connectivity index (χ4v) is 2.85. The average molecular weight is 334 g/mol. The minimum Gasteiger partial charge on any atom is -0.326 e. The Morgan fingerprint density at radius 2 is 1.80 bits per heavy atom. The molecule has 1 heterocycles. The van der Waals surface area contributed by atoms with Crippen molar-refractivity contribution in [2.75, 3.05) is 10.6 Å². The summed E-state index contributed by atoms with van der Waals surface area (Å²) in [6.45, 7) is 2.07. The summed E-state index contributed by atoms with van der Waals surface area (Å²) >= 11 is 0. The van der Waals surface area contributed by atoms with E-state index < -0.39 is 0 Å². The van der Waals surface area contributed by atoms with Gasteiger partial charge in [0.1, 0.15) is 0 Å². The Bertz CT molecular complexity index is 945. The van der Waals surface area contributed by atoms with Crippen LogP contribution in [0.1, 0.15) is 23.7 Å². The predicted octanol–water partition coefficient (Wildman–Crippen LogP) is 3.41. The number of rotatable bonds is 4. The Morgan fingerprint density at radius 3 is 2.52 bits per heavy atom. The molecule has 4 rings (SSSR count). The van der Waals surface area contributed by atoms with Crippen LogP contribution >= 0.6 is 0 Å². The molecule has 0 radical (unpaired) electrons. The van der Waals surface area contributed by atoms with Gasteiger partial charge in [-0.15, -0.1) is 0 Å². The minimum atomic E-state index is -0.201. The third-order valence-electron chi connectivity index (χ3n) is 4.56. The zero-order valence-electron chi connectivity index (χ0n) is 13.7. The Morgan fingerprint density at radius 1 is 1.08 bits per heavy atom. The van der Waals surface area contributed by atoms with Gasteiger partial charge in [-0.25, -0.2) is 0 Å². The molecule has 6 nitrogen and oxygen atoms in total. The van der Waals surface area contributed by atoms with E-state index in [1.165, 1.54) is 0 Å². The van der Waals surface area contributed by atoms with E-state index in [4.69, 9.17) is 0 Å². The molecule has 3 N–H and O–H groups in total. The molecule has 1 aliphatic rings. The van der Waals surface area contributed by atoms with Crippen molar-refractivity contribution in [1.29, 1.82) is 0 Å². The minimum absolute atomic E-state index is 0.0533. The monoisotopic (exact) mass is 334 g/mol. The van der Waals surface area contributed by atoms with E-state index in [1.54, 1.807) is 30.5 Å². The number of carbonyl (C=O) groups is 2. The third-order valence-corrected chi connectivity index (χ3v) is 4.56. The van der Waals surface area contributed by atoms with Crippen LogP contribution in [0.4, 0.5) is 11.4 Å². The number of aromatic nitrogens is 2. The number of fused-ring (bicyclic) bond motifs is 1. The molecule has 1 fully saturated rings. The standard InChI is InChI=1S/C19H18N4O2/c1-11-8-16(11)19(25)21-14-5-2-12(3-6-14)18(24)22-15-7-4-13-10-20-23-17(13)9-15/h2-7,9-11,16H,8H2,1H3,(H,20,23)(H,21,25)(H,22,24)/t11-,16-/m1/s1. The van der Waals surface area contributed by atoms with Crippen molar-refractivity contribution in [2.45, 2.75) is 13.3 Å². The number of amides is 2. The maximum absolute atomic E-state index is 12.4. The maximum atomic E-state index is 12.4. The van der Waals surface area contributed by atoms with Crippen molar-refractivity contribution >= 4 is 34.1 Å². The molecule has 0 saturated heterocycles. The second-order valence-electron chi connectivity index (χ2n) is 6.51. The number of nitrogens with one attached hydrogen (secondary N) is 3. The highest BCUT2D eigenvalue weighted by atomic mass is 16.2. The zero-order chi connectivity index (χ0) is 17.4. The van der Waals surface area contributed by atoms with Crippen LogP contribution in [0, 0.1) is 11.8 Å². The van der Waals surface area contributed by atoms with Crippen LogP contribution in [0.5, 0.6) is 0 Å². The first-order valence-corrected chi connectivity index (χ1v) is 8.25. The van der Waals surface area contributed by atoms with Gasteiger partial charge in [0, 0.05) is 28.2 Å². The normalized spacial score (nSPS) is 18.8. The van der Waals surface area contributed by atoms with E-state index >= 15 is 0 Å². The fourth-order valence-electron chi connectivity index (χ4n) is 2.85. The second-order valence-corrected chi connectivity index (χ2v) is 6.51. The molecule has 0 unspecified atom stereocenters. The van der Waals surface area contributed by atoms with Crippen LogP contribution in [0.2, 0.25) is 0 Å². The maximum Gasteiger partial charge on any atom is 0.255 e. The van der Waals surface area contributed by atoms with Crippen LogP contribution in [-0.2, 0) is 4.79 Å². The number of hydrogen-bond donors (Lipinski definition) is 3.